The van der Waals surface area contributed by atoms with Crippen LogP contribution < -0.4 is 10.1 Å². The normalized spacial score (nSPS) is 10.3. The number of ether oxygens (including phenoxy) is 1. The van der Waals surface area contributed by atoms with Crippen LogP contribution in [-0.4, -0.2) is 19.1 Å². The van der Waals surface area contributed by atoms with Crippen molar-refractivity contribution < 1.29 is 18.3 Å². The second kappa shape index (κ2) is 8.88. The molecule has 0 aliphatic carbocycles. The fraction of sp³-hybridized carbons (Fsp3) is 0.278. The van der Waals surface area contributed by atoms with Gasteiger partial charge in [0, 0.05) is 6.54 Å². The molecule has 0 aliphatic rings. The molecule has 0 atom stereocenters. The smallest absolute Gasteiger partial charge is 0.224 e. The summed E-state index contributed by atoms with van der Waals surface area (Å²) in [5.41, 5.74) is 0.655. The van der Waals surface area contributed by atoms with E-state index in [1.807, 2.05) is 0 Å². The molecule has 2 aromatic carbocycles. The van der Waals surface area contributed by atoms with Crippen LogP contribution in [0.25, 0.3) is 0 Å². The Morgan fingerprint density at radius 2 is 1.78 bits per heavy atom. The van der Waals surface area contributed by atoms with E-state index < -0.39 is 0 Å². The van der Waals surface area contributed by atoms with Crippen molar-refractivity contribution in [2.75, 3.05) is 13.2 Å². The molecule has 3 nitrogen and oxygen atoms in total. The van der Waals surface area contributed by atoms with Gasteiger partial charge in [0.1, 0.15) is 17.4 Å². The van der Waals surface area contributed by atoms with Crippen LogP contribution >= 0.6 is 0 Å². The van der Waals surface area contributed by atoms with Crippen molar-refractivity contribution in [2.24, 2.45) is 0 Å². The second-order valence-electron chi connectivity index (χ2n) is 5.17. The van der Waals surface area contributed by atoms with Gasteiger partial charge in [0.15, 0.2) is 0 Å². The van der Waals surface area contributed by atoms with Crippen LogP contribution in [0.15, 0.2) is 48.5 Å². The van der Waals surface area contributed by atoms with Crippen LogP contribution in [-0.2, 0) is 11.2 Å². The molecule has 1 amide bonds. The topological polar surface area (TPSA) is 38.3 Å². The molecule has 23 heavy (non-hydrogen) atoms. The molecule has 122 valence electrons. The molecule has 1 N–H and O–H groups in total. The first-order valence-corrected chi connectivity index (χ1v) is 7.53. The third-order valence-electron chi connectivity index (χ3n) is 3.23. The molecule has 0 aromatic heterocycles. The fourth-order valence-electron chi connectivity index (χ4n) is 2.07. The van der Waals surface area contributed by atoms with E-state index >= 15 is 0 Å². The predicted octanol–water partition coefficient (Wildman–Crippen LogP) is 3.48. The van der Waals surface area contributed by atoms with E-state index in [1.54, 1.807) is 24.3 Å². The van der Waals surface area contributed by atoms with E-state index in [9.17, 15) is 13.6 Å². The van der Waals surface area contributed by atoms with E-state index in [1.165, 1.54) is 24.3 Å². The predicted molar refractivity (Wildman–Crippen MR) is 84.2 cm³/mol. The Balaban J connectivity index is 1.56. The number of unbranched alkanes of at least 4 members (excludes halogenated alkanes) is 1. The highest BCUT2D eigenvalue weighted by molar-refractivity contribution is 5.78. The number of hydrogen-bond acceptors (Lipinski definition) is 2. The minimum absolute atomic E-state index is 0.130. The Labute approximate surface area is 134 Å². The van der Waals surface area contributed by atoms with E-state index in [0.717, 1.165) is 12.8 Å². The summed E-state index contributed by atoms with van der Waals surface area (Å²) in [5, 5.41) is 2.79. The first kappa shape index (κ1) is 16.9. The number of hydrogen-bond donors (Lipinski definition) is 1. The van der Waals surface area contributed by atoms with Gasteiger partial charge in [0.05, 0.1) is 13.0 Å². The zero-order chi connectivity index (χ0) is 16.5. The van der Waals surface area contributed by atoms with Crippen molar-refractivity contribution in [3.63, 3.8) is 0 Å². The monoisotopic (exact) mass is 319 g/mol. The van der Waals surface area contributed by atoms with Gasteiger partial charge in [0.25, 0.3) is 0 Å². The van der Waals surface area contributed by atoms with Gasteiger partial charge in [0.2, 0.25) is 5.91 Å². The number of carbonyl (C=O) groups excluding carboxylic acids is 1. The van der Waals surface area contributed by atoms with Gasteiger partial charge in [-0.05, 0) is 54.8 Å². The number of benzene rings is 2. The van der Waals surface area contributed by atoms with Gasteiger partial charge in [-0.2, -0.15) is 0 Å². The Kier molecular flexibility index (Phi) is 6.54. The van der Waals surface area contributed by atoms with Gasteiger partial charge >= 0.3 is 0 Å². The maximum Gasteiger partial charge on any atom is 0.224 e. The molecule has 0 aliphatic heterocycles. The number of nitrogens with one attached hydrogen (secondary N) is 1. The molecule has 2 aromatic rings. The lowest BCUT2D eigenvalue weighted by Gasteiger charge is -2.07. The Bertz CT molecular complexity index is 629. The van der Waals surface area contributed by atoms with E-state index in [2.05, 4.69) is 5.32 Å². The molecular weight excluding hydrogens is 300 g/mol. The first-order valence-electron chi connectivity index (χ1n) is 7.53. The van der Waals surface area contributed by atoms with Crippen LogP contribution in [0, 0.1) is 11.6 Å². The highest BCUT2D eigenvalue weighted by Crippen LogP contribution is 2.11. The summed E-state index contributed by atoms with van der Waals surface area (Å²) in [6.07, 6.45) is 1.72. The molecular formula is C18H19F2NO2. The second-order valence-corrected chi connectivity index (χ2v) is 5.17. The van der Waals surface area contributed by atoms with Crippen molar-refractivity contribution in [1.82, 2.24) is 5.32 Å². The zero-order valence-corrected chi connectivity index (χ0v) is 12.7. The van der Waals surface area contributed by atoms with Crippen LogP contribution in [0.5, 0.6) is 5.75 Å². The van der Waals surface area contributed by atoms with Crippen LogP contribution in [0.1, 0.15) is 18.4 Å². The Morgan fingerprint density at radius 1 is 1.00 bits per heavy atom. The lowest BCUT2D eigenvalue weighted by molar-refractivity contribution is -0.120. The van der Waals surface area contributed by atoms with Crippen LogP contribution in [0.3, 0.4) is 0 Å². The fourth-order valence-corrected chi connectivity index (χ4v) is 2.07. The Hall–Kier alpha value is -2.43. The van der Waals surface area contributed by atoms with E-state index in [4.69, 9.17) is 4.74 Å². The van der Waals surface area contributed by atoms with Crippen molar-refractivity contribution >= 4 is 5.91 Å². The van der Waals surface area contributed by atoms with Crippen molar-refractivity contribution in [3.05, 3.63) is 65.7 Å². The van der Waals surface area contributed by atoms with Gasteiger partial charge in [-0.25, -0.2) is 8.78 Å². The first-order chi connectivity index (χ1) is 11.1. The average Bonchev–Trinajstić information content (AvgIpc) is 2.52. The molecule has 2 rings (SSSR count). The Morgan fingerprint density at radius 3 is 2.52 bits per heavy atom. The minimum atomic E-state index is -0.340. The summed E-state index contributed by atoms with van der Waals surface area (Å²) >= 11 is 0. The highest BCUT2D eigenvalue weighted by atomic mass is 19.1. The number of rotatable bonds is 8. The lowest BCUT2D eigenvalue weighted by atomic mass is 10.1. The third kappa shape index (κ3) is 6.46. The highest BCUT2D eigenvalue weighted by Gasteiger charge is 2.03. The lowest BCUT2D eigenvalue weighted by Crippen LogP contribution is -2.26. The quantitative estimate of drug-likeness (QED) is 0.757. The zero-order valence-electron chi connectivity index (χ0n) is 12.7. The number of carbonyl (C=O) groups is 1. The molecule has 0 fully saturated rings. The molecule has 5 heteroatoms. The largest absolute Gasteiger partial charge is 0.494 e. The summed E-state index contributed by atoms with van der Waals surface area (Å²) in [5.74, 6) is -0.136. The molecule has 0 saturated heterocycles. The summed E-state index contributed by atoms with van der Waals surface area (Å²) in [7, 11) is 0. The standard InChI is InChI=1S/C18H19F2NO2/c19-15-6-8-17(9-7-15)23-11-2-1-10-21-18(22)13-14-4-3-5-16(20)12-14/h3-9,12H,1-2,10-11,13H2,(H,21,22). The van der Waals surface area contributed by atoms with Gasteiger partial charge in [-0.3, -0.25) is 4.79 Å². The minimum Gasteiger partial charge on any atom is -0.494 e. The molecule has 0 spiro atoms. The summed E-state index contributed by atoms with van der Waals surface area (Å²) in [6.45, 7) is 1.05. The van der Waals surface area contributed by atoms with Crippen LogP contribution in [0.2, 0.25) is 0 Å². The number of halogens is 2. The molecule has 0 unspecified atom stereocenters. The third-order valence-corrected chi connectivity index (χ3v) is 3.23. The summed E-state index contributed by atoms with van der Waals surface area (Å²) in [4.78, 5) is 11.7. The molecule has 0 heterocycles. The number of amides is 1. The average molecular weight is 319 g/mol. The van der Waals surface area contributed by atoms with Gasteiger partial charge in [-0.15, -0.1) is 0 Å². The maximum atomic E-state index is 13.0. The van der Waals surface area contributed by atoms with E-state index in [0.29, 0.717) is 24.5 Å². The van der Waals surface area contributed by atoms with E-state index in [-0.39, 0.29) is 24.0 Å². The molecule has 0 saturated carbocycles. The van der Waals surface area contributed by atoms with Crippen molar-refractivity contribution in [1.29, 1.82) is 0 Å². The van der Waals surface area contributed by atoms with Crippen molar-refractivity contribution in [2.45, 2.75) is 19.3 Å². The van der Waals surface area contributed by atoms with Crippen LogP contribution in [0.4, 0.5) is 8.78 Å². The maximum absolute atomic E-state index is 13.0. The molecule has 0 radical (unpaired) electrons. The summed E-state index contributed by atoms with van der Waals surface area (Å²) < 4.78 is 31.2. The van der Waals surface area contributed by atoms with Gasteiger partial charge < -0.3 is 10.1 Å². The summed E-state index contributed by atoms with van der Waals surface area (Å²) in [6, 6.07) is 11.9. The SMILES string of the molecule is O=C(Cc1cccc(F)c1)NCCCCOc1ccc(F)cc1. The van der Waals surface area contributed by atoms with Crippen molar-refractivity contribution in [3.8, 4) is 5.75 Å². The van der Waals surface area contributed by atoms with Gasteiger partial charge in [-0.1, -0.05) is 12.1 Å². The molecule has 0 bridgehead atoms.